The Morgan fingerprint density at radius 1 is 1.09 bits per heavy atom. The molecule has 0 atom stereocenters. The van der Waals surface area contributed by atoms with Gasteiger partial charge in [-0.15, -0.1) is 11.3 Å². The van der Waals surface area contributed by atoms with Gasteiger partial charge < -0.3 is 20.1 Å². The average molecular weight is 494 g/mol. The lowest BCUT2D eigenvalue weighted by atomic mass is 9.98. The third-order valence-electron chi connectivity index (χ3n) is 6.25. The van der Waals surface area contributed by atoms with Crippen molar-refractivity contribution in [2.75, 3.05) is 13.2 Å². The summed E-state index contributed by atoms with van der Waals surface area (Å²) in [4.78, 5) is 42.6. The summed E-state index contributed by atoms with van der Waals surface area (Å²) in [6, 6.07) is 16.2. The number of nitrogens with zero attached hydrogens (tertiary/aromatic N) is 2. The number of carboxylic acid groups (broad SMARTS) is 1. The second-order valence-corrected chi connectivity index (χ2v) is 9.83. The number of hydrogen-bond donors (Lipinski definition) is 2. The summed E-state index contributed by atoms with van der Waals surface area (Å²) in [5.74, 6) is -1.53. The van der Waals surface area contributed by atoms with E-state index in [1.54, 1.807) is 6.92 Å². The molecule has 1 aliphatic rings. The molecule has 2 N–H and O–H groups in total. The molecule has 0 saturated carbocycles. The number of amides is 2. The third kappa shape index (κ3) is 4.77. The van der Waals surface area contributed by atoms with Crippen LogP contribution in [-0.2, 0) is 16.1 Å². The van der Waals surface area contributed by atoms with Crippen molar-refractivity contribution >= 4 is 29.3 Å². The molecule has 182 valence electrons. The van der Waals surface area contributed by atoms with Gasteiger partial charge in [0, 0.05) is 12.5 Å². The first-order chi connectivity index (χ1) is 16.7. The molecule has 2 aromatic carbocycles. The molecule has 8 nitrogen and oxygen atoms in total. The zero-order valence-electron chi connectivity index (χ0n) is 19.8. The van der Waals surface area contributed by atoms with E-state index in [1.807, 2.05) is 24.3 Å². The zero-order valence-corrected chi connectivity index (χ0v) is 20.6. The molecule has 35 heavy (non-hydrogen) atoms. The standard InChI is InChI=1S/C26H27N3O5S/c1-4-29(26(2,3)24(31)32)23(30)21-13-27-22(35-21)14-28-25(33)34-15-20-18-11-7-5-9-16(18)17-10-6-8-12-19(17)20/h5-13,20H,4,14-15H2,1-3H3,(H,28,33)(H,31,32). The molecule has 0 radical (unpaired) electrons. The predicted molar refractivity (Wildman–Crippen MR) is 132 cm³/mol. The number of aromatic nitrogens is 1. The number of aliphatic carboxylic acids is 1. The number of nitrogens with one attached hydrogen (secondary N) is 1. The van der Waals surface area contributed by atoms with E-state index in [2.05, 4.69) is 34.6 Å². The van der Waals surface area contributed by atoms with Crippen molar-refractivity contribution in [3.05, 3.63) is 75.7 Å². The molecule has 9 heteroatoms. The molecule has 4 rings (SSSR count). The van der Waals surface area contributed by atoms with Crippen molar-refractivity contribution in [3.8, 4) is 11.1 Å². The molecule has 0 saturated heterocycles. The highest BCUT2D eigenvalue weighted by Crippen LogP contribution is 2.44. The Morgan fingerprint density at radius 3 is 2.26 bits per heavy atom. The van der Waals surface area contributed by atoms with Crippen molar-refractivity contribution < 1.29 is 24.2 Å². The van der Waals surface area contributed by atoms with Crippen LogP contribution in [0, 0.1) is 0 Å². The van der Waals surface area contributed by atoms with Gasteiger partial charge in [0.1, 0.15) is 22.0 Å². The van der Waals surface area contributed by atoms with Crippen molar-refractivity contribution in [3.63, 3.8) is 0 Å². The predicted octanol–water partition coefficient (Wildman–Crippen LogP) is 4.51. The lowest BCUT2D eigenvalue weighted by Gasteiger charge is -2.33. The fraction of sp³-hybridized carbons (Fsp3) is 0.308. The van der Waals surface area contributed by atoms with Gasteiger partial charge >= 0.3 is 12.1 Å². The lowest BCUT2D eigenvalue weighted by Crippen LogP contribution is -2.52. The number of carbonyl (C=O) groups is 3. The fourth-order valence-electron chi connectivity index (χ4n) is 4.33. The van der Waals surface area contributed by atoms with E-state index in [4.69, 9.17) is 4.74 Å². The number of benzene rings is 2. The molecular formula is C26H27N3O5S. The summed E-state index contributed by atoms with van der Waals surface area (Å²) in [5.41, 5.74) is 3.23. The normalized spacial score (nSPS) is 12.5. The molecule has 0 spiro atoms. The number of thiazole rings is 1. The molecule has 0 bridgehead atoms. The van der Waals surface area contributed by atoms with Crippen LogP contribution in [0.4, 0.5) is 4.79 Å². The summed E-state index contributed by atoms with van der Waals surface area (Å²) in [6.07, 6.45) is 0.833. The van der Waals surface area contributed by atoms with Crippen molar-refractivity contribution in [2.24, 2.45) is 0 Å². The number of likely N-dealkylation sites (N-methyl/N-ethyl adjacent to an activating group) is 1. The van der Waals surface area contributed by atoms with Gasteiger partial charge in [0.05, 0.1) is 12.7 Å². The number of carboxylic acids is 1. The maximum Gasteiger partial charge on any atom is 0.407 e. The van der Waals surface area contributed by atoms with Gasteiger partial charge in [-0.2, -0.15) is 0 Å². The van der Waals surface area contributed by atoms with Crippen LogP contribution in [0.15, 0.2) is 54.7 Å². The molecule has 0 fully saturated rings. The Hall–Kier alpha value is -3.72. The van der Waals surface area contributed by atoms with Gasteiger partial charge in [0.25, 0.3) is 5.91 Å². The highest BCUT2D eigenvalue weighted by molar-refractivity contribution is 7.13. The van der Waals surface area contributed by atoms with E-state index < -0.39 is 23.5 Å². The Kier molecular flexibility index (Phi) is 6.88. The maximum atomic E-state index is 12.9. The Labute approximate surface area is 207 Å². The minimum absolute atomic E-state index is 0.0325. The molecular weight excluding hydrogens is 466 g/mol. The molecule has 0 unspecified atom stereocenters. The van der Waals surface area contributed by atoms with Crippen LogP contribution in [0.2, 0.25) is 0 Å². The second kappa shape index (κ2) is 9.87. The molecule has 1 aromatic heterocycles. The Morgan fingerprint density at radius 2 is 1.69 bits per heavy atom. The first-order valence-electron chi connectivity index (χ1n) is 11.3. The van der Waals surface area contributed by atoms with Gasteiger partial charge in [0.15, 0.2) is 0 Å². The van der Waals surface area contributed by atoms with E-state index in [9.17, 15) is 19.5 Å². The minimum Gasteiger partial charge on any atom is -0.480 e. The third-order valence-corrected chi connectivity index (χ3v) is 7.24. The van der Waals surface area contributed by atoms with Crippen molar-refractivity contribution in [2.45, 2.75) is 38.8 Å². The highest BCUT2D eigenvalue weighted by Gasteiger charge is 2.38. The van der Waals surface area contributed by atoms with Gasteiger partial charge in [-0.05, 0) is 43.0 Å². The van der Waals surface area contributed by atoms with Gasteiger partial charge in [-0.3, -0.25) is 4.79 Å². The molecule has 0 aliphatic heterocycles. The largest absolute Gasteiger partial charge is 0.480 e. The fourth-order valence-corrected chi connectivity index (χ4v) is 5.14. The lowest BCUT2D eigenvalue weighted by molar-refractivity contribution is -0.147. The van der Waals surface area contributed by atoms with E-state index in [1.165, 1.54) is 24.9 Å². The molecule has 2 amide bonds. The summed E-state index contributed by atoms with van der Waals surface area (Å²) < 4.78 is 5.53. The zero-order chi connectivity index (χ0) is 25.2. The van der Waals surface area contributed by atoms with E-state index >= 15 is 0 Å². The first-order valence-corrected chi connectivity index (χ1v) is 12.1. The number of ether oxygens (including phenoxy) is 1. The number of carbonyl (C=O) groups excluding carboxylic acids is 2. The summed E-state index contributed by atoms with van der Waals surface area (Å²) in [6.45, 7) is 5.24. The number of hydrogen-bond acceptors (Lipinski definition) is 6. The van der Waals surface area contributed by atoms with Crippen LogP contribution in [0.5, 0.6) is 0 Å². The van der Waals surface area contributed by atoms with Gasteiger partial charge in [-0.25, -0.2) is 14.6 Å². The van der Waals surface area contributed by atoms with E-state index in [0.29, 0.717) is 9.88 Å². The minimum atomic E-state index is -1.35. The summed E-state index contributed by atoms with van der Waals surface area (Å²) in [5, 5.41) is 12.7. The molecule has 1 heterocycles. The van der Waals surface area contributed by atoms with Crippen LogP contribution in [0.3, 0.4) is 0 Å². The number of alkyl carbamates (subject to hydrolysis) is 1. The quantitative estimate of drug-likeness (QED) is 0.478. The van der Waals surface area contributed by atoms with E-state index in [0.717, 1.165) is 33.6 Å². The van der Waals surface area contributed by atoms with Crippen molar-refractivity contribution in [1.29, 1.82) is 0 Å². The van der Waals surface area contributed by atoms with Gasteiger partial charge in [0.2, 0.25) is 0 Å². The summed E-state index contributed by atoms with van der Waals surface area (Å²) >= 11 is 1.11. The van der Waals surface area contributed by atoms with E-state index in [-0.39, 0.29) is 25.6 Å². The van der Waals surface area contributed by atoms with Crippen LogP contribution < -0.4 is 5.32 Å². The first kappa shape index (κ1) is 24.4. The van der Waals surface area contributed by atoms with Crippen LogP contribution >= 0.6 is 11.3 Å². The van der Waals surface area contributed by atoms with Gasteiger partial charge in [-0.1, -0.05) is 48.5 Å². The van der Waals surface area contributed by atoms with Crippen LogP contribution in [-0.4, -0.2) is 51.7 Å². The Bertz CT molecular complexity index is 1220. The van der Waals surface area contributed by atoms with Crippen LogP contribution in [0.1, 0.15) is 52.5 Å². The monoisotopic (exact) mass is 493 g/mol. The topological polar surface area (TPSA) is 109 Å². The second-order valence-electron chi connectivity index (χ2n) is 8.71. The summed E-state index contributed by atoms with van der Waals surface area (Å²) in [7, 11) is 0. The number of rotatable bonds is 8. The van der Waals surface area contributed by atoms with Crippen molar-refractivity contribution in [1.82, 2.24) is 15.2 Å². The molecule has 3 aromatic rings. The number of fused-ring (bicyclic) bond motifs is 3. The molecule has 1 aliphatic carbocycles. The van der Waals surface area contributed by atoms with Crippen LogP contribution in [0.25, 0.3) is 11.1 Å². The highest BCUT2D eigenvalue weighted by atomic mass is 32.1. The average Bonchev–Trinajstić information content (AvgIpc) is 3.44. The SMILES string of the molecule is CCN(C(=O)c1cnc(CNC(=O)OCC2c3ccccc3-c3ccccc32)s1)C(C)(C)C(=O)O. The Balaban J connectivity index is 1.35. The smallest absolute Gasteiger partial charge is 0.407 e. The maximum absolute atomic E-state index is 12.9.